The molecule has 3 heterocycles. The zero-order valence-corrected chi connectivity index (χ0v) is 18.7. The topological polar surface area (TPSA) is 74.8 Å². The maximum Gasteiger partial charge on any atom is 0.226 e. The van der Waals surface area contributed by atoms with E-state index in [0.29, 0.717) is 19.4 Å². The Morgan fingerprint density at radius 2 is 2.12 bits per heavy atom. The molecule has 2 unspecified atom stereocenters. The van der Waals surface area contributed by atoms with Gasteiger partial charge in [0.15, 0.2) is 0 Å². The van der Waals surface area contributed by atoms with Crippen LogP contribution in [0, 0.1) is 17.3 Å². The van der Waals surface area contributed by atoms with Gasteiger partial charge in [-0.3, -0.25) is 4.79 Å². The van der Waals surface area contributed by atoms with E-state index in [0.717, 1.165) is 47.2 Å². The fourth-order valence-corrected chi connectivity index (χ4v) is 8.18. The monoisotopic (exact) mass is 444 g/mol. The first-order valence-corrected chi connectivity index (χ1v) is 12.3. The van der Waals surface area contributed by atoms with Crippen molar-refractivity contribution in [3.8, 4) is 0 Å². The number of rotatable bonds is 2. The molecule has 0 radical (unpaired) electrons. The molecule has 2 N–H and O–H groups in total. The summed E-state index contributed by atoms with van der Waals surface area (Å²) in [6.07, 6.45) is 7.72. The molecule has 2 saturated carbocycles. The number of nitrogens with zero attached hydrogens (tertiary/aromatic N) is 1. The molecular formula is C27H28N2O4. The average molecular weight is 445 g/mol. The van der Waals surface area contributed by atoms with Crippen LogP contribution in [0.25, 0.3) is 10.9 Å². The molecule has 2 aromatic rings. The van der Waals surface area contributed by atoms with Crippen LogP contribution in [-0.4, -0.2) is 52.3 Å². The fourth-order valence-electron chi connectivity index (χ4n) is 8.18. The van der Waals surface area contributed by atoms with E-state index in [2.05, 4.69) is 29.3 Å². The minimum Gasteiger partial charge on any atom is -0.498 e. The molecule has 33 heavy (non-hydrogen) atoms. The molecule has 6 aliphatic rings. The normalized spacial score (nSPS) is 40.1. The summed E-state index contributed by atoms with van der Waals surface area (Å²) >= 11 is 0. The lowest BCUT2D eigenvalue weighted by Gasteiger charge is -2.65. The number of likely N-dealkylation sites (tertiary alicyclic amines) is 1. The molecule has 1 aromatic carbocycles. The summed E-state index contributed by atoms with van der Waals surface area (Å²) in [4.78, 5) is 19.1. The van der Waals surface area contributed by atoms with E-state index in [1.54, 1.807) is 7.11 Å². The first-order valence-electron chi connectivity index (χ1n) is 12.3. The van der Waals surface area contributed by atoms with E-state index < -0.39 is 11.0 Å². The summed E-state index contributed by atoms with van der Waals surface area (Å²) in [6, 6.07) is 8.11. The number of carbonyl (C=O) groups excluding carboxylic acids is 1. The molecule has 4 aliphatic carbocycles. The number of hydrogen-bond donors (Lipinski definition) is 2. The van der Waals surface area contributed by atoms with Gasteiger partial charge in [0.25, 0.3) is 0 Å². The van der Waals surface area contributed by atoms with Crippen molar-refractivity contribution < 1.29 is 19.4 Å². The number of methoxy groups -OCH3 is 1. The van der Waals surface area contributed by atoms with Crippen molar-refractivity contribution in [2.24, 2.45) is 17.3 Å². The van der Waals surface area contributed by atoms with Crippen molar-refractivity contribution in [3.63, 3.8) is 0 Å². The van der Waals surface area contributed by atoms with Gasteiger partial charge < -0.3 is 24.5 Å². The van der Waals surface area contributed by atoms with Crippen molar-refractivity contribution in [1.29, 1.82) is 0 Å². The Morgan fingerprint density at radius 1 is 1.27 bits per heavy atom. The number of benzene rings is 1. The van der Waals surface area contributed by atoms with Gasteiger partial charge >= 0.3 is 0 Å². The third kappa shape index (κ3) is 2.03. The van der Waals surface area contributed by atoms with Gasteiger partial charge in [-0.2, -0.15) is 0 Å². The molecular weight excluding hydrogens is 416 g/mol. The van der Waals surface area contributed by atoms with E-state index in [-0.39, 0.29) is 36.0 Å². The standard InChI is InChI=1S/C27H28N2O4/c1-32-19-9-8-15-12-20-27(31)13-17-16-4-2-3-5-18(16)28-22(17)24-26(27,21(15)23(19)33-24)10-11-29(20)25(30)14-6-7-14/h2-5,8-9,14,20-21,23-24,28,31H,6-7,10-13H2,1H3/t20-,21?,23?,24+,26+,27-/m1/s1. The molecule has 6 atom stereocenters. The Balaban J connectivity index is 1.39. The number of aromatic amines is 1. The maximum absolute atomic E-state index is 13.4. The van der Waals surface area contributed by atoms with Gasteiger partial charge in [-0.25, -0.2) is 0 Å². The average Bonchev–Trinajstić information content (AvgIpc) is 3.52. The van der Waals surface area contributed by atoms with Crippen molar-refractivity contribution in [3.05, 3.63) is 59.0 Å². The highest BCUT2D eigenvalue weighted by molar-refractivity contribution is 5.86. The number of hydrogen-bond acceptors (Lipinski definition) is 4. The predicted octanol–water partition coefficient (Wildman–Crippen LogP) is 3.38. The number of ether oxygens (including phenoxy) is 2. The van der Waals surface area contributed by atoms with Crippen LogP contribution >= 0.6 is 0 Å². The number of H-pyrrole nitrogens is 1. The third-order valence-electron chi connectivity index (χ3n) is 9.68. The number of aromatic nitrogens is 1. The summed E-state index contributed by atoms with van der Waals surface area (Å²) in [7, 11) is 1.71. The van der Waals surface area contributed by atoms with Crippen LogP contribution in [0.1, 0.15) is 43.0 Å². The predicted molar refractivity (Wildman–Crippen MR) is 121 cm³/mol. The lowest BCUT2D eigenvalue weighted by molar-refractivity contribution is -0.222. The van der Waals surface area contributed by atoms with E-state index in [4.69, 9.17) is 9.47 Å². The third-order valence-corrected chi connectivity index (χ3v) is 9.68. The first kappa shape index (κ1) is 18.8. The van der Waals surface area contributed by atoms with Gasteiger partial charge in [-0.15, -0.1) is 0 Å². The van der Waals surface area contributed by atoms with Crippen LogP contribution in [0.3, 0.4) is 0 Å². The molecule has 2 bridgehead atoms. The second-order valence-electron chi connectivity index (χ2n) is 10.9. The number of amides is 1. The lowest BCUT2D eigenvalue weighted by Crippen LogP contribution is -2.75. The number of fused-ring (bicyclic) bond motifs is 4. The van der Waals surface area contributed by atoms with Gasteiger partial charge in [-0.05, 0) is 43.4 Å². The fraction of sp³-hybridized carbons (Fsp3) is 0.519. The molecule has 2 aliphatic heterocycles. The smallest absolute Gasteiger partial charge is 0.226 e. The second kappa shape index (κ2) is 5.91. The molecule has 6 heteroatoms. The molecule has 1 aromatic heterocycles. The van der Waals surface area contributed by atoms with Crippen LogP contribution in [0.2, 0.25) is 0 Å². The van der Waals surface area contributed by atoms with Gasteiger partial charge in [0.2, 0.25) is 5.91 Å². The molecule has 1 amide bonds. The van der Waals surface area contributed by atoms with Crippen LogP contribution in [0.4, 0.5) is 0 Å². The molecule has 2 saturated heterocycles. The summed E-state index contributed by atoms with van der Waals surface area (Å²) in [5, 5.41) is 14.0. The Kier molecular flexibility index (Phi) is 3.37. The SMILES string of the molecule is COC1=CC=C2C[C@H]3N(C(=O)C4CC4)CC[C@]45C2C1O[C@H]4c1[nH]c2ccccc2c1C[C@@]35O. The second-order valence-corrected chi connectivity index (χ2v) is 10.9. The zero-order chi connectivity index (χ0) is 22.1. The van der Waals surface area contributed by atoms with Crippen LogP contribution < -0.4 is 0 Å². The number of piperidine rings is 1. The van der Waals surface area contributed by atoms with Gasteiger partial charge in [0.1, 0.15) is 18.0 Å². The Labute approximate surface area is 192 Å². The number of allylic oxidation sites excluding steroid dienone is 2. The molecule has 6 nitrogen and oxygen atoms in total. The van der Waals surface area contributed by atoms with Crippen molar-refractivity contribution in [2.75, 3.05) is 13.7 Å². The quantitative estimate of drug-likeness (QED) is 0.745. The van der Waals surface area contributed by atoms with Crippen molar-refractivity contribution in [2.45, 2.75) is 56.0 Å². The molecule has 8 rings (SSSR count). The zero-order valence-electron chi connectivity index (χ0n) is 18.7. The van der Waals surface area contributed by atoms with E-state index in [9.17, 15) is 9.90 Å². The van der Waals surface area contributed by atoms with E-state index in [1.807, 2.05) is 17.0 Å². The highest BCUT2D eigenvalue weighted by Crippen LogP contribution is 2.72. The minimum absolute atomic E-state index is 0.0708. The van der Waals surface area contributed by atoms with Crippen molar-refractivity contribution >= 4 is 16.8 Å². The minimum atomic E-state index is -1.04. The maximum atomic E-state index is 13.4. The molecule has 1 spiro atoms. The Morgan fingerprint density at radius 3 is 2.94 bits per heavy atom. The number of aliphatic hydroxyl groups is 1. The summed E-state index contributed by atoms with van der Waals surface area (Å²) in [5.41, 5.74) is 3.12. The van der Waals surface area contributed by atoms with Crippen LogP contribution in [0.5, 0.6) is 0 Å². The van der Waals surface area contributed by atoms with E-state index >= 15 is 0 Å². The number of para-hydroxylation sites is 1. The number of nitrogens with one attached hydrogen (secondary N) is 1. The van der Waals surface area contributed by atoms with Crippen molar-refractivity contribution in [1.82, 2.24) is 9.88 Å². The molecule has 4 fully saturated rings. The van der Waals surface area contributed by atoms with Gasteiger partial charge in [-0.1, -0.05) is 29.8 Å². The molecule has 170 valence electrons. The number of carbonyl (C=O) groups is 1. The van der Waals surface area contributed by atoms with Crippen LogP contribution in [-0.2, 0) is 20.7 Å². The summed E-state index contributed by atoms with van der Waals surface area (Å²) < 4.78 is 12.6. The van der Waals surface area contributed by atoms with Gasteiger partial charge in [0.05, 0.1) is 18.8 Å². The van der Waals surface area contributed by atoms with Gasteiger partial charge in [0, 0.05) is 46.8 Å². The highest BCUT2D eigenvalue weighted by Gasteiger charge is 2.77. The first-order chi connectivity index (χ1) is 16.1. The van der Waals surface area contributed by atoms with Crippen LogP contribution in [0.15, 0.2) is 47.7 Å². The summed E-state index contributed by atoms with van der Waals surface area (Å²) in [6.45, 7) is 0.695. The lowest BCUT2D eigenvalue weighted by atomic mass is 9.45. The summed E-state index contributed by atoms with van der Waals surface area (Å²) in [5.74, 6) is 1.29. The Hall–Kier alpha value is -2.57. The largest absolute Gasteiger partial charge is 0.498 e. The Bertz CT molecular complexity index is 1290. The highest BCUT2D eigenvalue weighted by atomic mass is 16.5. The van der Waals surface area contributed by atoms with E-state index in [1.165, 1.54) is 5.57 Å².